The van der Waals surface area contributed by atoms with Crippen LogP contribution < -0.4 is 10.6 Å². The van der Waals surface area contributed by atoms with Crippen LogP contribution in [-0.4, -0.2) is 47.7 Å². The Hall–Kier alpha value is -3.88. The van der Waals surface area contributed by atoms with Crippen LogP contribution in [0.3, 0.4) is 0 Å². The van der Waals surface area contributed by atoms with Crippen molar-refractivity contribution in [1.29, 1.82) is 0 Å². The molecule has 0 aromatic heterocycles. The van der Waals surface area contributed by atoms with Crippen molar-refractivity contribution >= 4 is 23.9 Å². The molecule has 2 aromatic carbocycles. The fourth-order valence-corrected chi connectivity index (χ4v) is 3.19. The van der Waals surface area contributed by atoms with E-state index in [0.717, 1.165) is 11.1 Å². The number of esters is 1. The standard InChI is InChI=1S/C25H30N2O7/c1-3-33-24(31)17(2)14-21(23(29)30)26-22(28)20(15-18-10-6-4-7-11-18)27-25(32)34-16-19-12-8-5-9-13-19/h4-13,17,20-21H,3,14-16H2,1-2H3,(H,26,28)(H,27,32)(H,29,30)/t17-,20-,21+/m0/s1. The van der Waals surface area contributed by atoms with Crippen LogP contribution in [0.5, 0.6) is 0 Å². The maximum atomic E-state index is 13.0. The molecule has 0 spiro atoms. The zero-order valence-electron chi connectivity index (χ0n) is 19.2. The molecule has 0 aliphatic carbocycles. The Labute approximate surface area is 198 Å². The quantitative estimate of drug-likeness (QED) is 0.407. The van der Waals surface area contributed by atoms with E-state index in [4.69, 9.17) is 9.47 Å². The smallest absolute Gasteiger partial charge is 0.408 e. The van der Waals surface area contributed by atoms with E-state index < -0.39 is 41.9 Å². The Morgan fingerprint density at radius 3 is 2.00 bits per heavy atom. The van der Waals surface area contributed by atoms with E-state index in [-0.39, 0.29) is 26.1 Å². The number of alkyl carbamates (subject to hydrolysis) is 1. The van der Waals surface area contributed by atoms with Crippen LogP contribution in [0.15, 0.2) is 60.7 Å². The average Bonchev–Trinajstić information content (AvgIpc) is 2.83. The lowest BCUT2D eigenvalue weighted by Crippen LogP contribution is -2.53. The first-order valence-electron chi connectivity index (χ1n) is 11.0. The molecule has 0 heterocycles. The predicted molar refractivity (Wildman–Crippen MR) is 124 cm³/mol. The molecule has 0 aliphatic heterocycles. The third kappa shape index (κ3) is 8.93. The van der Waals surface area contributed by atoms with E-state index in [2.05, 4.69) is 10.6 Å². The number of aliphatic carboxylic acids is 1. The molecule has 182 valence electrons. The molecular formula is C25H30N2O7. The average molecular weight is 471 g/mol. The summed E-state index contributed by atoms with van der Waals surface area (Å²) in [6.45, 7) is 3.36. The molecule has 9 heteroatoms. The van der Waals surface area contributed by atoms with Crippen LogP contribution in [0.25, 0.3) is 0 Å². The molecule has 0 aliphatic rings. The summed E-state index contributed by atoms with van der Waals surface area (Å²) >= 11 is 0. The summed E-state index contributed by atoms with van der Waals surface area (Å²) in [6.07, 6.45) is -0.852. The number of hydrogen-bond donors (Lipinski definition) is 3. The Balaban J connectivity index is 2.08. The molecule has 9 nitrogen and oxygen atoms in total. The summed E-state index contributed by atoms with van der Waals surface area (Å²) in [5, 5.41) is 14.5. The molecule has 0 fully saturated rings. The van der Waals surface area contributed by atoms with Crippen LogP contribution in [0.4, 0.5) is 4.79 Å². The van der Waals surface area contributed by atoms with Gasteiger partial charge in [0.1, 0.15) is 18.7 Å². The van der Waals surface area contributed by atoms with Crippen LogP contribution in [0.2, 0.25) is 0 Å². The van der Waals surface area contributed by atoms with Crippen molar-refractivity contribution in [2.45, 2.75) is 45.4 Å². The number of carbonyl (C=O) groups is 4. The molecule has 3 atom stereocenters. The fraction of sp³-hybridized carbons (Fsp3) is 0.360. The van der Waals surface area contributed by atoms with Crippen LogP contribution in [0.1, 0.15) is 31.4 Å². The van der Waals surface area contributed by atoms with Crippen LogP contribution in [0, 0.1) is 5.92 Å². The van der Waals surface area contributed by atoms with E-state index in [1.165, 1.54) is 6.92 Å². The van der Waals surface area contributed by atoms with E-state index in [0.29, 0.717) is 0 Å². The van der Waals surface area contributed by atoms with Gasteiger partial charge in [-0.15, -0.1) is 0 Å². The highest BCUT2D eigenvalue weighted by molar-refractivity contribution is 5.89. The minimum Gasteiger partial charge on any atom is -0.480 e. The number of amides is 2. The van der Waals surface area contributed by atoms with Crippen molar-refractivity contribution in [2.24, 2.45) is 5.92 Å². The van der Waals surface area contributed by atoms with Gasteiger partial charge in [0.15, 0.2) is 0 Å². The van der Waals surface area contributed by atoms with Crippen molar-refractivity contribution in [2.75, 3.05) is 6.61 Å². The minimum atomic E-state index is -1.34. The molecule has 0 saturated carbocycles. The molecule has 0 bridgehead atoms. The van der Waals surface area contributed by atoms with Crippen molar-refractivity contribution in [1.82, 2.24) is 10.6 Å². The first-order valence-corrected chi connectivity index (χ1v) is 11.0. The van der Waals surface area contributed by atoms with Gasteiger partial charge in [-0.25, -0.2) is 9.59 Å². The highest BCUT2D eigenvalue weighted by Crippen LogP contribution is 2.11. The second-order valence-electron chi connectivity index (χ2n) is 7.74. The van der Waals surface area contributed by atoms with Gasteiger partial charge in [-0.3, -0.25) is 9.59 Å². The van der Waals surface area contributed by atoms with Gasteiger partial charge >= 0.3 is 18.0 Å². The highest BCUT2D eigenvalue weighted by atomic mass is 16.5. The zero-order valence-corrected chi connectivity index (χ0v) is 19.2. The summed E-state index contributed by atoms with van der Waals surface area (Å²) in [7, 11) is 0. The number of benzene rings is 2. The molecule has 0 radical (unpaired) electrons. The lowest BCUT2D eigenvalue weighted by molar-refractivity contribution is -0.149. The number of carboxylic acid groups (broad SMARTS) is 1. The zero-order chi connectivity index (χ0) is 24.9. The SMILES string of the molecule is CCOC(=O)[C@@H](C)C[C@@H](NC(=O)[C@H](Cc1ccccc1)NC(=O)OCc1ccccc1)C(=O)O. The number of ether oxygens (including phenoxy) is 2. The van der Waals surface area contributed by atoms with E-state index >= 15 is 0 Å². The second kappa shape index (κ2) is 13.6. The lowest BCUT2D eigenvalue weighted by atomic mass is 10.0. The van der Waals surface area contributed by atoms with Gasteiger partial charge < -0.3 is 25.2 Å². The number of carboxylic acids is 1. The van der Waals surface area contributed by atoms with Crippen molar-refractivity contribution in [3.63, 3.8) is 0 Å². The molecule has 3 N–H and O–H groups in total. The normalized spacial score (nSPS) is 13.1. The minimum absolute atomic E-state index is 0.0150. The monoisotopic (exact) mass is 470 g/mol. The van der Waals surface area contributed by atoms with Crippen molar-refractivity contribution in [3.8, 4) is 0 Å². The number of nitrogens with one attached hydrogen (secondary N) is 2. The molecule has 0 unspecified atom stereocenters. The van der Waals surface area contributed by atoms with Gasteiger partial charge in [-0.1, -0.05) is 67.6 Å². The van der Waals surface area contributed by atoms with Crippen molar-refractivity contribution < 1.29 is 33.8 Å². The van der Waals surface area contributed by atoms with Gasteiger partial charge in [-0.2, -0.15) is 0 Å². The number of carbonyl (C=O) groups excluding carboxylic acids is 3. The third-order valence-electron chi connectivity index (χ3n) is 5.00. The highest BCUT2D eigenvalue weighted by Gasteiger charge is 2.30. The summed E-state index contributed by atoms with van der Waals surface area (Å²) in [5.41, 5.74) is 1.54. The van der Waals surface area contributed by atoms with Crippen LogP contribution in [-0.2, 0) is 36.9 Å². The summed E-state index contributed by atoms with van der Waals surface area (Å²) in [6, 6.07) is 15.6. The molecular weight excluding hydrogens is 440 g/mol. The lowest BCUT2D eigenvalue weighted by Gasteiger charge is -2.23. The Morgan fingerprint density at radius 2 is 1.44 bits per heavy atom. The van der Waals surface area contributed by atoms with E-state index in [1.54, 1.807) is 43.3 Å². The topological polar surface area (TPSA) is 131 Å². The maximum absolute atomic E-state index is 13.0. The summed E-state index contributed by atoms with van der Waals surface area (Å²) < 4.78 is 10.1. The van der Waals surface area contributed by atoms with Gasteiger partial charge in [0.25, 0.3) is 0 Å². The first-order chi connectivity index (χ1) is 16.3. The molecule has 2 rings (SSSR count). The van der Waals surface area contributed by atoms with Crippen LogP contribution >= 0.6 is 0 Å². The molecule has 2 aromatic rings. The third-order valence-corrected chi connectivity index (χ3v) is 5.00. The Bertz CT molecular complexity index is 950. The summed E-state index contributed by atoms with van der Waals surface area (Å²) in [5.74, 6) is -3.29. The van der Waals surface area contributed by atoms with Gasteiger partial charge in [0, 0.05) is 6.42 Å². The molecule has 34 heavy (non-hydrogen) atoms. The molecule has 2 amide bonds. The number of rotatable bonds is 12. The van der Waals surface area contributed by atoms with Gasteiger partial charge in [0.05, 0.1) is 12.5 Å². The van der Waals surface area contributed by atoms with Gasteiger partial charge in [0.2, 0.25) is 5.91 Å². The van der Waals surface area contributed by atoms with Gasteiger partial charge in [-0.05, 0) is 24.5 Å². The first kappa shape index (κ1) is 26.4. The number of hydrogen-bond acceptors (Lipinski definition) is 6. The fourth-order valence-electron chi connectivity index (χ4n) is 3.19. The largest absolute Gasteiger partial charge is 0.480 e. The predicted octanol–water partition coefficient (Wildman–Crippen LogP) is 2.68. The Morgan fingerprint density at radius 1 is 0.853 bits per heavy atom. The van der Waals surface area contributed by atoms with Crippen molar-refractivity contribution in [3.05, 3.63) is 71.8 Å². The Kier molecular flexibility index (Phi) is 10.6. The maximum Gasteiger partial charge on any atom is 0.408 e. The summed E-state index contributed by atoms with van der Waals surface area (Å²) in [4.78, 5) is 49.0. The second-order valence-corrected chi connectivity index (χ2v) is 7.74. The molecule has 0 saturated heterocycles. The van der Waals surface area contributed by atoms with E-state index in [1.807, 2.05) is 24.3 Å². The van der Waals surface area contributed by atoms with E-state index in [9.17, 15) is 24.3 Å².